The lowest BCUT2D eigenvalue weighted by atomic mass is 9.44. The first kappa shape index (κ1) is 22.0. The monoisotopic (exact) mass is 430 g/mol. The summed E-state index contributed by atoms with van der Waals surface area (Å²) >= 11 is 0. The van der Waals surface area contributed by atoms with Gasteiger partial charge in [0.25, 0.3) is 0 Å². The van der Waals surface area contributed by atoms with E-state index in [2.05, 4.69) is 27.7 Å². The lowest BCUT2D eigenvalue weighted by molar-refractivity contribution is -0.203. The zero-order valence-corrected chi connectivity index (χ0v) is 19.4. The van der Waals surface area contributed by atoms with Gasteiger partial charge in [-0.05, 0) is 68.9 Å². The number of carbonyl (C=O) groups is 2. The molecule has 5 atom stereocenters. The molecule has 31 heavy (non-hydrogen) atoms. The summed E-state index contributed by atoms with van der Waals surface area (Å²) in [6.45, 7) is 12.0. The summed E-state index contributed by atoms with van der Waals surface area (Å²) in [4.78, 5) is 23.4. The number of aromatic hydroxyl groups is 1. The van der Waals surface area contributed by atoms with Crippen molar-refractivity contribution in [1.29, 1.82) is 0 Å². The van der Waals surface area contributed by atoms with Crippen molar-refractivity contribution in [2.45, 2.75) is 85.4 Å². The smallest absolute Gasteiger partial charge is 0.339 e. The molecule has 1 heterocycles. The normalized spacial score (nSPS) is 35.7. The van der Waals surface area contributed by atoms with E-state index in [1.807, 2.05) is 0 Å². The average molecular weight is 431 g/mol. The predicted molar refractivity (Wildman–Crippen MR) is 115 cm³/mol. The summed E-state index contributed by atoms with van der Waals surface area (Å²) in [7, 11) is 0. The van der Waals surface area contributed by atoms with Crippen molar-refractivity contribution < 1.29 is 29.3 Å². The van der Waals surface area contributed by atoms with Gasteiger partial charge in [-0.2, -0.15) is 0 Å². The van der Waals surface area contributed by atoms with Crippen molar-refractivity contribution in [3.63, 3.8) is 0 Å². The first-order valence-electron chi connectivity index (χ1n) is 11.3. The molecule has 0 saturated heterocycles. The largest absolute Gasteiger partial charge is 0.507 e. The van der Waals surface area contributed by atoms with Crippen molar-refractivity contribution in [3.05, 3.63) is 22.8 Å². The molecule has 4 rings (SSSR count). The minimum atomic E-state index is -1.12. The Labute approximate surface area is 183 Å². The molecule has 170 valence electrons. The topological polar surface area (TPSA) is 93.1 Å². The van der Waals surface area contributed by atoms with E-state index in [1.165, 1.54) is 6.92 Å². The van der Waals surface area contributed by atoms with E-state index in [0.29, 0.717) is 29.2 Å². The van der Waals surface area contributed by atoms with Gasteiger partial charge in [-0.25, -0.2) is 4.79 Å². The number of ether oxygens (including phenoxy) is 2. The first-order chi connectivity index (χ1) is 14.3. The Hall–Kier alpha value is -2.24. The Bertz CT molecular complexity index is 950. The molecule has 0 radical (unpaired) electrons. The van der Waals surface area contributed by atoms with Crippen LogP contribution in [0.15, 0.2) is 6.07 Å². The number of carboxylic acids is 1. The summed E-state index contributed by atoms with van der Waals surface area (Å²) in [6.07, 6.45) is 4.00. The number of rotatable bonds is 2. The number of carboxylic acid groups (broad SMARTS) is 1. The van der Waals surface area contributed by atoms with E-state index >= 15 is 0 Å². The molecule has 0 bridgehead atoms. The highest BCUT2D eigenvalue weighted by Crippen LogP contribution is 2.65. The molecule has 0 spiro atoms. The summed E-state index contributed by atoms with van der Waals surface area (Å²) in [5.41, 5.74) is 0.433. The molecule has 6 heteroatoms. The number of phenols is 1. The molecule has 0 amide bonds. The minimum Gasteiger partial charge on any atom is -0.507 e. The van der Waals surface area contributed by atoms with E-state index in [9.17, 15) is 19.8 Å². The summed E-state index contributed by atoms with van der Waals surface area (Å²) in [5, 5.41) is 20.5. The van der Waals surface area contributed by atoms with Gasteiger partial charge in [-0.1, -0.05) is 20.8 Å². The highest BCUT2D eigenvalue weighted by atomic mass is 16.5. The first-order valence-corrected chi connectivity index (χ1v) is 11.3. The fourth-order valence-corrected chi connectivity index (χ4v) is 7.29. The number of aryl methyl sites for hydroxylation is 1. The van der Waals surface area contributed by atoms with E-state index < -0.39 is 5.97 Å². The Kier molecular flexibility index (Phi) is 4.88. The molecule has 2 fully saturated rings. The van der Waals surface area contributed by atoms with Gasteiger partial charge in [0.1, 0.15) is 28.8 Å². The van der Waals surface area contributed by atoms with Crippen LogP contribution in [0.4, 0.5) is 0 Å². The van der Waals surface area contributed by atoms with Crippen LogP contribution in [0.3, 0.4) is 0 Å². The van der Waals surface area contributed by atoms with Crippen LogP contribution in [0.5, 0.6) is 11.5 Å². The standard InChI is InChI=1S/C25H34O6/c1-13-11-16-15(21(27)20(13)22(28)29)12-18-24(5)9-8-19(30-14(2)26)23(3,4)17(24)7-10-25(18,6)31-16/h11,17-19,27H,7-10,12H2,1-6H3,(H,28,29)/t17?,18?,19-,24-,25+/m0/s1. The average Bonchev–Trinajstić information content (AvgIpc) is 2.62. The Balaban J connectivity index is 1.76. The van der Waals surface area contributed by atoms with Crippen LogP contribution in [-0.2, 0) is 16.0 Å². The third-order valence-corrected chi connectivity index (χ3v) is 8.77. The maximum atomic E-state index is 11.7. The number of hydrogen-bond donors (Lipinski definition) is 2. The number of benzene rings is 1. The Morgan fingerprint density at radius 2 is 1.81 bits per heavy atom. The fourth-order valence-electron chi connectivity index (χ4n) is 7.29. The van der Waals surface area contributed by atoms with Crippen LogP contribution in [0.2, 0.25) is 0 Å². The number of aromatic carboxylic acids is 1. The van der Waals surface area contributed by atoms with Crippen LogP contribution < -0.4 is 4.74 Å². The molecular weight excluding hydrogens is 396 g/mol. The third-order valence-electron chi connectivity index (χ3n) is 8.77. The van der Waals surface area contributed by atoms with Crippen LogP contribution >= 0.6 is 0 Å². The zero-order valence-electron chi connectivity index (χ0n) is 19.4. The second-order valence-electron chi connectivity index (χ2n) is 10.9. The molecule has 0 aromatic heterocycles. The molecule has 1 aromatic rings. The predicted octanol–water partition coefficient (Wildman–Crippen LogP) is 4.88. The number of fused-ring (bicyclic) bond motifs is 4. The summed E-state index contributed by atoms with van der Waals surface area (Å²) in [5.74, 6) is -0.468. The summed E-state index contributed by atoms with van der Waals surface area (Å²) in [6, 6.07) is 1.76. The Morgan fingerprint density at radius 1 is 1.13 bits per heavy atom. The van der Waals surface area contributed by atoms with Crippen LogP contribution in [0.1, 0.15) is 81.8 Å². The fraction of sp³-hybridized carbons (Fsp3) is 0.680. The van der Waals surface area contributed by atoms with Crippen LogP contribution in [0.25, 0.3) is 0 Å². The van der Waals surface area contributed by atoms with Crippen molar-refractivity contribution in [3.8, 4) is 11.5 Å². The van der Waals surface area contributed by atoms with Gasteiger partial charge in [0, 0.05) is 23.8 Å². The van der Waals surface area contributed by atoms with Crippen molar-refractivity contribution in [2.24, 2.45) is 22.7 Å². The van der Waals surface area contributed by atoms with Gasteiger partial charge in [0.15, 0.2) is 0 Å². The van der Waals surface area contributed by atoms with Gasteiger partial charge >= 0.3 is 11.9 Å². The van der Waals surface area contributed by atoms with E-state index in [0.717, 1.165) is 25.7 Å². The molecule has 1 aliphatic heterocycles. The molecule has 2 aliphatic carbocycles. The number of hydrogen-bond acceptors (Lipinski definition) is 5. The lowest BCUT2D eigenvalue weighted by Gasteiger charge is -2.64. The zero-order chi connectivity index (χ0) is 22.9. The van der Waals surface area contributed by atoms with Gasteiger partial charge in [-0.15, -0.1) is 0 Å². The second-order valence-corrected chi connectivity index (χ2v) is 10.9. The van der Waals surface area contributed by atoms with Gasteiger partial charge in [0.05, 0.1) is 0 Å². The van der Waals surface area contributed by atoms with Crippen molar-refractivity contribution in [1.82, 2.24) is 0 Å². The molecule has 2 unspecified atom stereocenters. The number of carbonyl (C=O) groups excluding carboxylic acids is 1. The van der Waals surface area contributed by atoms with E-state index in [1.54, 1.807) is 13.0 Å². The molecule has 6 nitrogen and oxygen atoms in total. The highest BCUT2D eigenvalue weighted by Gasteiger charge is 2.63. The number of esters is 1. The quantitative estimate of drug-likeness (QED) is 0.650. The highest BCUT2D eigenvalue weighted by molar-refractivity contribution is 5.93. The minimum absolute atomic E-state index is 0.0395. The molecule has 3 aliphatic rings. The molecular formula is C25H34O6. The van der Waals surface area contributed by atoms with Gasteiger partial charge < -0.3 is 19.7 Å². The van der Waals surface area contributed by atoms with Crippen LogP contribution in [-0.4, -0.2) is 33.9 Å². The maximum Gasteiger partial charge on any atom is 0.339 e. The van der Waals surface area contributed by atoms with E-state index in [4.69, 9.17) is 9.47 Å². The molecule has 1 aromatic carbocycles. The SMILES string of the molecule is CC(=O)O[C@H]1CC[C@@]2(C)C(CC[C@@]3(C)Oc4cc(C)c(C(=O)O)c(O)c4CC23)C1(C)C. The maximum absolute atomic E-state index is 11.7. The second kappa shape index (κ2) is 6.88. The van der Waals surface area contributed by atoms with Crippen molar-refractivity contribution in [2.75, 3.05) is 0 Å². The van der Waals surface area contributed by atoms with Crippen molar-refractivity contribution >= 4 is 11.9 Å². The van der Waals surface area contributed by atoms with E-state index in [-0.39, 0.29) is 45.7 Å². The van der Waals surface area contributed by atoms with Crippen LogP contribution in [0, 0.1) is 29.6 Å². The molecule has 2 N–H and O–H groups in total. The van der Waals surface area contributed by atoms with Gasteiger partial charge in [0.2, 0.25) is 0 Å². The summed E-state index contributed by atoms with van der Waals surface area (Å²) < 4.78 is 12.3. The molecule has 2 saturated carbocycles. The lowest BCUT2D eigenvalue weighted by Crippen LogP contribution is -2.64. The van der Waals surface area contributed by atoms with Gasteiger partial charge in [-0.3, -0.25) is 4.79 Å². The third kappa shape index (κ3) is 3.13. The Morgan fingerprint density at radius 3 is 2.42 bits per heavy atom.